The molecule has 1 aliphatic heterocycles. The summed E-state index contributed by atoms with van der Waals surface area (Å²) in [7, 11) is 0. The number of hydrogen-bond acceptors (Lipinski definition) is 3. The Hall–Kier alpha value is -2.04. The maximum Gasteiger partial charge on any atom is 0.255 e. The van der Waals surface area contributed by atoms with Gasteiger partial charge in [0.05, 0.1) is 12.2 Å². The van der Waals surface area contributed by atoms with Gasteiger partial charge in [0.15, 0.2) is 0 Å². The topological polar surface area (TPSA) is 58.6 Å². The summed E-state index contributed by atoms with van der Waals surface area (Å²) in [4.78, 5) is 25.5. The Morgan fingerprint density at radius 3 is 2.90 bits per heavy atom. The lowest BCUT2D eigenvalue weighted by Gasteiger charge is -2.15. The van der Waals surface area contributed by atoms with Crippen LogP contribution in [0.25, 0.3) is 0 Å². The quantitative estimate of drug-likeness (QED) is 0.779. The van der Waals surface area contributed by atoms with Crippen LogP contribution in [0.5, 0.6) is 5.75 Å². The van der Waals surface area contributed by atoms with Gasteiger partial charge < -0.3 is 15.0 Å². The SMILES string of the molecule is CCOc1ccccc1C(=O)NCCCN1CCCC1=O. The van der Waals surface area contributed by atoms with Crippen molar-refractivity contribution < 1.29 is 14.3 Å². The van der Waals surface area contributed by atoms with Crippen molar-refractivity contribution in [3.05, 3.63) is 29.8 Å². The zero-order valence-electron chi connectivity index (χ0n) is 12.4. The van der Waals surface area contributed by atoms with E-state index in [0.717, 1.165) is 19.4 Å². The van der Waals surface area contributed by atoms with Gasteiger partial charge in [-0.3, -0.25) is 9.59 Å². The first-order valence-corrected chi connectivity index (χ1v) is 7.50. The number of likely N-dealkylation sites (tertiary alicyclic amines) is 1. The van der Waals surface area contributed by atoms with E-state index in [-0.39, 0.29) is 11.8 Å². The number of carbonyl (C=O) groups excluding carboxylic acids is 2. The van der Waals surface area contributed by atoms with Crippen LogP contribution in [0.1, 0.15) is 36.5 Å². The molecule has 5 nitrogen and oxygen atoms in total. The summed E-state index contributed by atoms with van der Waals surface area (Å²) in [5.41, 5.74) is 0.552. The fraction of sp³-hybridized carbons (Fsp3) is 0.500. The van der Waals surface area contributed by atoms with E-state index in [1.165, 1.54) is 0 Å². The Morgan fingerprint density at radius 1 is 1.38 bits per heavy atom. The summed E-state index contributed by atoms with van der Waals surface area (Å²) >= 11 is 0. The third kappa shape index (κ3) is 4.21. The molecule has 1 heterocycles. The Labute approximate surface area is 125 Å². The van der Waals surface area contributed by atoms with E-state index in [0.29, 0.717) is 37.4 Å². The van der Waals surface area contributed by atoms with Crippen LogP contribution in [0.2, 0.25) is 0 Å². The van der Waals surface area contributed by atoms with Gasteiger partial charge in [0.2, 0.25) is 5.91 Å². The summed E-state index contributed by atoms with van der Waals surface area (Å²) in [6.07, 6.45) is 2.38. The summed E-state index contributed by atoms with van der Waals surface area (Å²) < 4.78 is 5.45. The van der Waals surface area contributed by atoms with Gasteiger partial charge in [-0.05, 0) is 31.9 Å². The molecule has 5 heteroatoms. The fourth-order valence-electron chi connectivity index (χ4n) is 2.44. The molecule has 0 radical (unpaired) electrons. The molecule has 21 heavy (non-hydrogen) atoms. The van der Waals surface area contributed by atoms with E-state index in [9.17, 15) is 9.59 Å². The summed E-state index contributed by atoms with van der Waals surface area (Å²) in [5.74, 6) is 0.696. The van der Waals surface area contributed by atoms with Crippen LogP contribution >= 0.6 is 0 Å². The normalized spacial score (nSPS) is 14.3. The van der Waals surface area contributed by atoms with Gasteiger partial charge in [0.25, 0.3) is 5.91 Å². The molecule has 1 saturated heterocycles. The lowest BCUT2D eigenvalue weighted by Crippen LogP contribution is -2.30. The molecule has 1 aromatic carbocycles. The van der Waals surface area contributed by atoms with Crippen molar-refractivity contribution in [2.24, 2.45) is 0 Å². The number of nitrogens with zero attached hydrogens (tertiary/aromatic N) is 1. The van der Waals surface area contributed by atoms with Crippen LogP contribution in [0.3, 0.4) is 0 Å². The number of para-hydroxylation sites is 1. The molecular formula is C16H22N2O3. The number of ether oxygens (including phenoxy) is 1. The van der Waals surface area contributed by atoms with Crippen molar-refractivity contribution >= 4 is 11.8 Å². The number of benzene rings is 1. The molecule has 2 rings (SSSR count). The first-order valence-electron chi connectivity index (χ1n) is 7.50. The molecular weight excluding hydrogens is 268 g/mol. The van der Waals surface area contributed by atoms with E-state index in [4.69, 9.17) is 4.74 Å². The third-order valence-corrected chi connectivity index (χ3v) is 3.49. The largest absolute Gasteiger partial charge is 0.493 e. The lowest BCUT2D eigenvalue weighted by molar-refractivity contribution is -0.127. The second-order valence-electron chi connectivity index (χ2n) is 5.02. The van der Waals surface area contributed by atoms with Crippen molar-refractivity contribution in [1.29, 1.82) is 0 Å². The summed E-state index contributed by atoms with van der Waals surface area (Å²) in [6.45, 7) is 4.54. The van der Waals surface area contributed by atoms with E-state index in [1.54, 1.807) is 12.1 Å². The molecule has 0 atom stereocenters. The monoisotopic (exact) mass is 290 g/mol. The molecule has 1 fully saturated rings. The maximum atomic E-state index is 12.1. The zero-order chi connectivity index (χ0) is 15.1. The summed E-state index contributed by atoms with van der Waals surface area (Å²) in [5, 5.41) is 2.88. The Balaban J connectivity index is 1.78. The van der Waals surface area contributed by atoms with Gasteiger partial charge in [-0.2, -0.15) is 0 Å². The molecule has 114 valence electrons. The predicted octanol–water partition coefficient (Wildman–Crippen LogP) is 1.83. The highest BCUT2D eigenvalue weighted by Crippen LogP contribution is 2.17. The van der Waals surface area contributed by atoms with Crippen LogP contribution < -0.4 is 10.1 Å². The first kappa shape index (κ1) is 15.4. The number of hydrogen-bond donors (Lipinski definition) is 1. The number of rotatable bonds is 7. The van der Waals surface area contributed by atoms with Crippen molar-refractivity contribution in [2.45, 2.75) is 26.2 Å². The van der Waals surface area contributed by atoms with Crippen LogP contribution in [0, 0.1) is 0 Å². The molecule has 1 aliphatic rings. The minimum atomic E-state index is -0.133. The Bertz CT molecular complexity index is 502. The standard InChI is InChI=1S/C16H22N2O3/c1-2-21-14-8-4-3-7-13(14)16(20)17-10-6-12-18-11-5-9-15(18)19/h3-4,7-8H,2,5-6,9-12H2,1H3,(H,17,20). The minimum Gasteiger partial charge on any atom is -0.493 e. The zero-order valence-corrected chi connectivity index (χ0v) is 12.4. The van der Waals surface area contributed by atoms with Crippen molar-refractivity contribution in [1.82, 2.24) is 10.2 Å². The molecule has 0 spiro atoms. The van der Waals surface area contributed by atoms with Gasteiger partial charge in [-0.1, -0.05) is 12.1 Å². The molecule has 0 aromatic heterocycles. The van der Waals surface area contributed by atoms with E-state index >= 15 is 0 Å². The molecule has 1 N–H and O–H groups in total. The lowest BCUT2D eigenvalue weighted by atomic mass is 10.2. The average molecular weight is 290 g/mol. The van der Waals surface area contributed by atoms with Crippen LogP contribution in [0.4, 0.5) is 0 Å². The fourth-order valence-corrected chi connectivity index (χ4v) is 2.44. The molecule has 2 amide bonds. The number of nitrogens with one attached hydrogen (secondary N) is 1. The van der Waals surface area contributed by atoms with E-state index in [1.807, 2.05) is 24.0 Å². The molecule has 0 saturated carbocycles. The summed E-state index contributed by atoms with van der Waals surface area (Å²) in [6, 6.07) is 7.22. The van der Waals surface area contributed by atoms with Crippen molar-refractivity contribution in [3.8, 4) is 5.75 Å². The maximum absolute atomic E-state index is 12.1. The smallest absolute Gasteiger partial charge is 0.255 e. The number of amides is 2. The third-order valence-electron chi connectivity index (χ3n) is 3.49. The van der Waals surface area contributed by atoms with Gasteiger partial charge in [-0.15, -0.1) is 0 Å². The second kappa shape index (κ2) is 7.67. The Kier molecular flexibility index (Phi) is 5.60. The average Bonchev–Trinajstić information content (AvgIpc) is 2.90. The predicted molar refractivity (Wildman–Crippen MR) is 80.4 cm³/mol. The molecule has 0 bridgehead atoms. The molecule has 0 aliphatic carbocycles. The second-order valence-corrected chi connectivity index (χ2v) is 5.02. The molecule has 0 unspecified atom stereocenters. The van der Waals surface area contributed by atoms with Crippen LogP contribution in [0.15, 0.2) is 24.3 Å². The van der Waals surface area contributed by atoms with Gasteiger partial charge in [-0.25, -0.2) is 0 Å². The van der Waals surface area contributed by atoms with Crippen LogP contribution in [-0.2, 0) is 4.79 Å². The number of carbonyl (C=O) groups is 2. The van der Waals surface area contributed by atoms with Gasteiger partial charge in [0.1, 0.15) is 5.75 Å². The van der Waals surface area contributed by atoms with Gasteiger partial charge in [0, 0.05) is 26.1 Å². The van der Waals surface area contributed by atoms with Crippen molar-refractivity contribution in [3.63, 3.8) is 0 Å². The highest BCUT2D eigenvalue weighted by molar-refractivity contribution is 5.96. The first-order chi connectivity index (χ1) is 10.2. The van der Waals surface area contributed by atoms with Gasteiger partial charge >= 0.3 is 0 Å². The highest BCUT2D eigenvalue weighted by Gasteiger charge is 2.19. The molecule has 1 aromatic rings. The van der Waals surface area contributed by atoms with E-state index in [2.05, 4.69) is 5.32 Å². The Morgan fingerprint density at radius 2 is 2.19 bits per heavy atom. The highest BCUT2D eigenvalue weighted by atomic mass is 16.5. The van der Waals surface area contributed by atoms with E-state index < -0.39 is 0 Å². The van der Waals surface area contributed by atoms with Crippen LogP contribution in [-0.4, -0.2) is 43.0 Å². The minimum absolute atomic E-state index is 0.133. The van der Waals surface area contributed by atoms with Crippen molar-refractivity contribution in [2.75, 3.05) is 26.2 Å².